The van der Waals surface area contributed by atoms with Crippen molar-refractivity contribution in [2.45, 2.75) is 6.54 Å². The molecule has 2 aromatic carbocycles. The topological polar surface area (TPSA) is 81.9 Å². The van der Waals surface area contributed by atoms with E-state index in [2.05, 4.69) is 21.6 Å². The summed E-state index contributed by atoms with van der Waals surface area (Å²) >= 11 is 0. The molecule has 6 nitrogen and oxygen atoms in total. The number of benzene rings is 2. The summed E-state index contributed by atoms with van der Waals surface area (Å²) in [6.07, 6.45) is 0. The molecule has 0 aliphatic carbocycles. The van der Waals surface area contributed by atoms with E-state index < -0.39 is 0 Å². The van der Waals surface area contributed by atoms with Gasteiger partial charge in [0.05, 0.1) is 11.6 Å². The second-order valence-electron chi connectivity index (χ2n) is 5.76. The molecule has 1 heterocycles. The van der Waals surface area contributed by atoms with Gasteiger partial charge in [-0.1, -0.05) is 30.3 Å². The van der Waals surface area contributed by atoms with Gasteiger partial charge in [-0.15, -0.1) is 10.2 Å². The Bertz CT molecular complexity index is 915. The maximum Gasteiger partial charge on any atom is 0.276 e. The average molecular weight is 343 g/mol. The second-order valence-corrected chi connectivity index (χ2v) is 5.76. The number of anilines is 2. The zero-order chi connectivity index (χ0) is 18.4. The number of aromatic nitrogens is 2. The lowest BCUT2D eigenvalue weighted by atomic mass is 10.1. The molecule has 0 saturated heterocycles. The number of carbonyl (C=O) groups is 1. The van der Waals surface area contributed by atoms with Crippen LogP contribution in [-0.2, 0) is 6.54 Å². The van der Waals surface area contributed by atoms with Crippen molar-refractivity contribution in [2.24, 2.45) is 0 Å². The Morgan fingerprint density at radius 2 is 1.77 bits per heavy atom. The van der Waals surface area contributed by atoms with Gasteiger partial charge in [0.1, 0.15) is 0 Å². The van der Waals surface area contributed by atoms with Gasteiger partial charge in [-0.25, -0.2) is 0 Å². The summed E-state index contributed by atoms with van der Waals surface area (Å²) in [5, 5.41) is 19.8. The minimum Gasteiger partial charge on any atom is -0.354 e. The van der Waals surface area contributed by atoms with Crippen molar-refractivity contribution in [3.8, 4) is 6.07 Å². The molecule has 0 unspecified atom stereocenters. The molecule has 128 valence electrons. The van der Waals surface area contributed by atoms with Gasteiger partial charge in [0.2, 0.25) is 0 Å². The van der Waals surface area contributed by atoms with Crippen LogP contribution < -0.4 is 10.2 Å². The fraction of sp³-hybridized carbons (Fsp3) is 0.100. The van der Waals surface area contributed by atoms with E-state index in [0.29, 0.717) is 23.6 Å². The molecule has 0 aliphatic heterocycles. The number of hydrogen-bond acceptors (Lipinski definition) is 5. The second kappa shape index (κ2) is 7.90. The average Bonchev–Trinajstić information content (AvgIpc) is 2.69. The number of carbonyl (C=O) groups excluding carboxylic acids is 1. The van der Waals surface area contributed by atoms with E-state index in [1.807, 2.05) is 54.4 Å². The van der Waals surface area contributed by atoms with Gasteiger partial charge in [0.15, 0.2) is 11.5 Å². The molecule has 0 atom stereocenters. The lowest BCUT2D eigenvalue weighted by molar-refractivity contribution is 0.102. The van der Waals surface area contributed by atoms with Gasteiger partial charge < -0.3 is 10.2 Å². The van der Waals surface area contributed by atoms with Crippen molar-refractivity contribution >= 4 is 17.4 Å². The van der Waals surface area contributed by atoms with Crippen molar-refractivity contribution in [1.29, 1.82) is 5.26 Å². The summed E-state index contributed by atoms with van der Waals surface area (Å²) in [7, 11) is 1.89. The third-order valence-electron chi connectivity index (χ3n) is 3.81. The number of rotatable bonds is 5. The van der Waals surface area contributed by atoms with Crippen LogP contribution in [0.5, 0.6) is 0 Å². The molecule has 26 heavy (non-hydrogen) atoms. The van der Waals surface area contributed by atoms with E-state index in [1.54, 1.807) is 24.3 Å². The Morgan fingerprint density at radius 3 is 2.38 bits per heavy atom. The minimum absolute atomic E-state index is 0.254. The molecule has 3 aromatic rings. The van der Waals surface area contributed by atoms with Gasteiger partial charge >= 0.3 is 0 Å². The van der Waals surface area contributed by atoms with Crippen molar-refractivity contribution in [2.75, 3.05) is 17.3 Å². The highest BCUT2D eigenvalue weighted by Gasteiger charge is 2.10. The number of nitrogens with one attached hydrogen (secondary N) is 1. The first-order chi connectivity index (χ1) is 12.7. The number of nitrogens with zero attached hydrogens (tertiary/aromatic N) is 4. The molecular weight excluding hydrogens is 326 g/mol. The highest BCUT2D eigenvalue weighted by molar-refractivity contribution is 6.02. The quantitative estimate of drug-likeness (QED) is 0.769. The predicted octanol–water partition coefficient (Wildman–Crippen LogP) is 3.24. The molecule has 3 rings (SSSR count). The number of amides is 1. The molecule has 1 N–H and O–H groups in total. The summed E-state index contributed by atoms with van der Waals surface area (Å²) in [6.45, 7) is 0.621. The van der Waals surface area contributed by atoms with Crippen LogP contribution in [-0.4, -0.2) is 23.2 Å². The van der Waals surface area contributed by atoms with Gasteiger partial charge in [0, 0.05) is 19.3 Å². The van der Waals surface area contributed by atoms with E-state index in [0.717, 1.165) is 5.56 Å². The molecule has 1 amide bonds. The van der Waals surface area contributed by atoms with Crippen molar-refractivity contribution < 1.29 is 4.79 Å². The van der Waals surface area contributed by atoms with Crippen LogP contribution in [0.25, 0.3) is 0 Å². The van der Waals surface area contributed by atoms with Gasteiger partial charge in [0.25, 0.3) is 5.91 Å². The first-order valence-corrected chi connectivity index (χ1v) is 8.06. The largest absolute Gasteiger partial charge is 0.354 e. The lowest BCUT2D eigenvalue weighted by Crippen LogP contribution is -2.20. The Balaban J connectivity index is 1.64. The monoisotopic (exact) mass is 343 g/mol. The van der Waals surface area contributed by atoms with Crippen LogP contribution in [0.1, 0.15) is 21.6 Å². The Morgan fingerprint density at radius 1 is 1.04 bits per heavy atom. The normalized spacial score (nSPS) is 10.0. The summed E-state index contributed by atoms with van der Waals surface area (Å²) in [5.74, 6) is 0.357. The molecule has 0 spiro atoms. The summed E-state index contributed by atoms with van der Waals surface area (Å²) in [5.41, 5.74) is 2.65. The Hall–Kier alpha value is -3.72. The lowest BCUT2D eigenvalue weighted by Gasteiger charge is -2.17. The molecule has 1 aromatic heterocycles. The van der Waals surface area contributed by atoms with Crippen LogP contribution in [0.15, 0.2) is 66.7 Å². The SMILES string of the molecule is CN(Cc1ccc(C#N)cc1)c1ccc(C(=O)Nc2ccccc2)nn1. The minimum atomic E-state index is -0.301. The summed E-state index contributed by atoms with van der Waals surface area (Å²) in [4.78, 5) is 14.1. The van der Waals surface area contributed by atoms with E-state index in [1.165, 1.54) is 0 Å². The Labute approximate surface area is 151 Å². The smallest absolute Gasteiger partial charge is 0.276 e. The maximum atomic E-state index is 12.2. The standard InChI is InChI=1S/C20H17N5O/c1-25(14-16-9-7-15(13-21)8-10-16)19-12-11-18(23-24-19)20(26)22-17-5-3-2-4-6-17/h2-12H,14H2,1H3,(H,22,26). The zero-order valence-corrected chi connectivity index (χ0v) is 14.3. The van der Waals surface area contributed by atoms with E-state index in [-0.39, 0.29) is 11.6 Å². The Kier molecular flexibility index (Phi) is 5.20. The van der Waals surface area contributed by atoms with Crippen LogP contribution in [0.3, 0.4) is 0 Å². The molecule has 0 radical (unpaired) electrons. The van der Waals surface area contributed by atoms with E-state index in [9.17, 15) is 4.79 Å². The third-order valence-corrected chi connectivity index (χ3v) is 3.81. The van der Waals surface area contributed by atoms with E-state index >= 15 is 0 Å². The number of nitriles is 1. The highest BCUT2D eigenvalue weighted by Crippen LogP contribution is 2.13. The first kappa shape index (κ1) is 17.1. The molecule has 6 heteroatoms. The first-order valence-electron chi connectivity index (χ1n) is 8.06. The molecule has 0 saturated carbocycles. The summed E-state index contributed by atoms with van der Waals surface area (Å²) in [6, 6.07) is 22.1. The van der Waals surface area contributed by atoms with Crippen LogP contribution >= 0.6 is 0 Å². The van der Waals surface area contributed by atoms with Gasteiger partial charge in [-0.05, 0) is 42.0 Å². The molecule has 0 bridgehead atoms. The fourth-order valence-corrected chi connectivity index (χ4v) is 2.41. The number of hydrogen-bond donors (Lipinski definition) is 1. The van der Waals surface area contributed by atoms with Gasteiger partial charge in [-0.2, -0.15) is 5.26 Å². The fourth-order valence-electron chi connectivity index (χ4n) is 2.41. The van der Waals surface area contributed by atoms with Crippen molar-refractivity contribution in [3.05, 3.63) is 83.6 Å². The molecular formula is C20H17N5O. The predicted molar refractivity (Wildman–Crippen MR) is 99.7 cm³/mol. The van der Waals surface area contributed by atoms with E-state index in [4.69, 9.17) is 5.26 Å². The zero-order valence-electron chi connectivity index (χ0n) is 14.3. The van der Waals surface area contributed by atoms with Crippen LogP contribution in [0, 0.1) is 11.3 Å². The third kappa shape index (κ3) is 4.22. The van der Waals surface area contributed by atoms with Crippen LogP contribution in [0.2, 0.25) is 0 Å². The maximum absolute atomic E-state index is 12.2. The van der Waals surface area contributed by atoms with Crippen LogP contribution in [0.4, 0.5) is 11.5 Å². The highest BCUT2D eigenvalue weighted by atomic mass is 16.1. The molecule has 0 aliphatic rings. The molecule has 0 fully saturated rings. The summed E-state index contributed by atoms with van der Waals surface area (Å²) < 4.78 is 0. The van der Waals surface area contributed by atoms with Crippen molar-refractivity contribution in [3.63, 3.8) is 0 Å². The van der Waals surface area contributed by atoms with Gasteiger partial charge in [-0.3, -0.25) is 4.79 Å². The van der Waals surface area contributed by atoms with Crippen molar-refractivity contribution in [1.82, 2.24) is 10.2 Å². The number of para-hydroxylation sites is 1.